The maximum atomic E-state index is 12.5. The zero-order valence-electron chi connectivity index (χ0n) is 18.2. The van der Waals surface area contributed by atoms with Crippen molar-refractivity contribution in [1.82, 2.24) is 15.4 Å². The third-order valence-corrected chi connectivity index (χ3v) is 5.81. The highest BCUT2D eigenvalue weighted by Gasteiger charge is 2.30. The number of aromatic amines is 1. The number of halogens is 1. The summed E-state index contributed by atoms with van der Waals surface area (Å²) in [4.78, 5) is 37.8. The van der Waals surface area contributed by atoms with Crippen LogP contribution in [-0.2, 0) is 9.57 Å². The molecule has 0 aliphatic carbocycles. The van der Waals surface area contributed by atoms with Crippen molar-refractivity contribution in [3.05, 3.63) is 76.3 Å². The first-order valence-electron chi connectivity index (χ1n) is 10.3. The number of methoxy groups -OCH3 is 1. The molecule has 2 heterocycles. The number of H-pyrrole nitrogens is 1. The molecule has 0 saturated heterocycles. The van der Waals surface area contributed by atoms with Crippen LogP contribution < -0.4 is 5.48 Å². The Hall–Kier alpha value is -3.43. The molecule has 0 amide bonds. The van der Waals surface area contributed by atoms with Crippen LogP contribution in [-0.4, -0.2) is 29.0 Å². The summed E-state index contributed by atoms with van der Waals surface area (Å²) >= 11 is 3.52. The number of carbonyl (C=O) groups is 2. The second-order valence-electron chi connectivity index (χ2n) is 7.68. The van der Waals surface area contributed by atoms with E-state index in [9.17, 15) is 9.59 Å². The van der Waals surface area contributed by atoms with E-state index in [4.69, 9.17) is 14.0 Å². The van der Waals surface area contributed by atoms with Gasteiger partial charge in [-0.3, -0.25) is 0 Å². The van der Waals surface area contributed by atoms with Crippen molar-refractivity contribution in [3.63, 3.8) is 0 Å². The maximum absolute atomic E-state index is 12.5. The zero-order chi connectivity index (χ0) is 23.5. The second kappa shape index (κ2) is 9.60. The van der Waals surface area contributed by atoms with Crippen molar-refractivity contribution >= 4 is 38.8 Å². The molecule has 2 N–H and O–H groups in total. The summed E-state index contributed by atoms with van der Waals surface area (Å²) in [5, 5.41) is 0.849. The second-order valence-corrected chi connectivity index (χ2v) is 8.54. The summed E-state index contributed by atoms with van der Waals surface area (Å²) in [5.41, 5.74) is 4.71. The lowest BCUT2D eigenvalue weighted by atomic mass is 10.1. The van der Waals surface area contributed by atoms with Crippen LogP contribution in [0.3, 0.4) is 0 Å². The number of nitrogens with zero attached hydrogens (tertiary/aromatic N) is 1. The van der Waals surface area contributed by atoms with Crippen molar-refractivity contribution in [2.75, 3.05) is 7.11 Å². The molecule has 2 aromatic heterocycles. The summed E-state index contributed by atoms with van der Waals surface area (Å²) in [6.45, 7) is 3.83. The molecule has 0 aliphatic rings. The number of hydrogen-bond donors (Lipinski definition) is 2. The molecule has 4 aromatic rings. The molecule has 170 valence electrons. The highest BCUT2D eigenvalue weighted by atomic mass is 79.9. The standard InChI is InChI=1S/C24H22BrN3O5/c1-13(2)18(28-33-23(29)14-8-5-4-6-9-14)22-27-20(24(30)31-3)21(32-22)16-12-26-19-15(16)10-7-11-17(19)25/h4-13,18,26,28H,1-3H3/t18-/m0/s1. The van der Waals surface area contributed by atoms with Crippen molar-refractivity contribution in [2.45, 2.75) is 19.9 Å². The third kappa shape index (κ3) is 4.55. The molecule has 9 heteroatoms. The summed E-state index contributed by atoms with van der Waals surface area (Å²) < 4.78 is 11.9. The van der Waals surface area contributed by atoms with Gasteiger partial charge in [0.25, 0.3) is 0 Å². The molecule has 0 aliphatic heterocycles. The fourth-order valence-corrected chi connectivity index (χ4v) is 3.89. The van der Waals surface area contributed by atoms with Gasteiger partial charge in [0.05, 0.1) is 18.2 Å². The van der Waals surface area contributed by atoms with Crippen LogP contribution in [0.25, 0.3) is 22.2 Å². The monoisotopic (exact) mass is 511 g/mol. The number of rotatable bonds is 7. The van der Waals surface area contributed by atoms with E-state index in [-0.39, 0.29) is 23.3 Å². The third-order valence-electron chi connectivity index (χ3n) is 5.15. The lowest BCUT2D eigenvalue weighted by Gasteiger charge is -2.18. The molecule has 0 fully saturated rings. The van der Waals surface area contributed by atoms with Crippen LogP contribution in [0.2, 0.25) is 0 Å². The Kier molecular flexibility index (Phi) is 6.62. The maximum Gasteiger partial charge on any atom is 0.360 e. The highest BCUT2D eigenvalue weighted by Crippen LogP contribution is 2.36. The quantitative estimate of drug-likeness (QED) is 0.251. The van der Waals surface area contributed by atoms with Crippen molar-refractivity contribution in [1.29, 1.82) is 0 Å². The van der Waals surface area contributed by atoms with E-state index in [1.165, 1.54) is 7.11 Å². The summed E-state index contributed by atoms with van der Waals surface area (Å²) in [6.07, 6.45) is 1.75. The number of para-hydroxylation sites is 1. The predicted octanol–water partition coefficient (Wildman–Crippen LogP) is 5.43. The molecule has 0 radical (unpaired) electrons. The van der Waals surface area contributed by atoms with E-state index in [0.717, 1.165) is 15.4 Å². The van der Waals surface area contributed by atoms with Crippen LogP contribution in [0.1, 0.15) is 46.6 Å². The number of benzene rings is 2. The van der Waals surface area contributed by atoms with Gasteiger partial charge in [-0.1, -0.05) is 44.2 Å². The van der Waals surface area contributed by atoms with Crippen LogP contribution in [0, 0.1) is 5.92 Å². The van der Waals surface area contributed by atoms with Gasteiger partial charge in [-0.25, -0.2) is 14.6 Å². The average Bonchev–Trinajstić information content (AvgIpc) is 3.44. The number of hydroxylamine groups is 1. The van der Waals surface area contributed by atoms with Crippen LogP contribution in [0.5, 0.6) is 0 Å². The Labute approximate surface area is 198 Å². The van der Waals surface area contributed by atoms with Gasteiger partial charge in [-0.2, -0.15) is 0 Å². The van der Waals surface area contributed by atoms with Crippen LogP contribution in [0.4, 0.5) is 0 Å². The van der Waals surface area contributed by atoms with E-state index in [0.29, 0.717) is 11.1 Å². The smallest absolute Gasteiger partial charge is 0.360 e. The molecule has 0 bridgehead atoms. The molecule has 4 rings (SSSR count). The first-order chi connectivity index (χ1) is 15.9. The normalized spacial score (nSPS) is 12.2. The fourth-order valence-electron chi connectivity index (χ4n) is 3.41. The minimum absolute atomic E-state index is 0.0372. The van der Waals surface area contributed by atoms with Crippen LogP contribution >= 0.6 is 15.9 Å². The molecular formula is C24H22BrN3O5. The van der Waals surface area contributed by atoms with Crippen molar-refractivity contribution in [2.24, 2.45) is 5.92 Å². The largest absolute Gasteiger partial charge is 0.464 e. The molecule has 8 nitrogen and oxygen atoms in total. The van der Waals surface area contributed by atoms with E-state index in [1.54, 1.807) is 30.5 Å². The van der Waals surface area contributed by atoms with Gasteiger partial charge >= 0.3 is 11.9 Å². The zero-order valence-corrected chi connectivity index (χ0v) is 19.8. The number of ether oxygens (including phenoxy) is 1. The molecule has 0 spiro atoms. The van der Waals surface area contributed by atoms with Crippen molar-refractivity contribution < 1.29 is 23.6 Å². The molecule has 0 unspecified atom stereocenters. The van der Waals surface area contributed by atoms with E-state index in [2.05, 4.69) is 31.4 Å². The highest BCUT2D eigenvalue weighted by molar-refractivity contribution is 9.10. The molecule has 33 heavy (non-hydrogen) atoms. The molecule has 1 atom stereocenters. The number of nitrogens with one attached hydrogen (secondary N) is 2. The summed E-state index contributed by atoms with van der Waals surface area (Å²) in [5.74, 6) is -0.785. The van der Waals surface area contributed by atoms with Gasteiger partial charge in [-0.15, -0.1) is 5.48 Å². The van der Waals surface area contributed by atoms with Gasteiger partial charge in [0.2, 0.25) is 5.89 Å². The Balaban J connectivity index is 1.70. The lowest BCUT2D eigenvalue weighted by Crippen LogP contribution is -2.29. The Bertz CT molecular complexity index is 1300. The van der Waals surface area contributed by atoms with Gasteiger partial charge in [0, 0.05) is 21.6 Å². The van der Waals surface area contributed by atoms with Gasteiger partial charge in [0.15, 0.2) is 11.5 Å². The Morgan fingerprint density at radius 1 is 1.09 bits per heavy atom. The molecular weight excluding hydrogens is 490 g/mol. The van der Waals surface area contributed by atoms with Gasteiger partial charge in [-0.05, 0) is 40.0 Å². The summed E-state index contributed by atoms with van der Waals surface area (Å²) in [7, 11) is 1.28. The van der Waals surface area contributed by atoms with E-state index >= 15 is 0 Å². The van der Waals surface area contributed by atoms with E-state index < -0.39 is 18.0 Å². The number of hydrogen-bond acceptors (Lipinski definition) is 7. The van der Waals surface area contributed by atoms with Crippen molar-refractivity contribution in [3.8, 4) is 11.3 Å². The minimum Gasteiger partial charge on any atom is -0.464 e. The number of aromatic nitrogens is 2. The topological polar surface area (TPSA) is 106 Å². The first kappa shape index (κ1) is 22.8. The van der Waals surface area contributed by atoms with Gasteiger partial charge in [0.1, 0.15) is 6.04 Å². The average molecular weight is 512 g/mol. The minimum atomic E-state index is -0.631. The predicted molar refractivity (Wildman–Crippen MR) is 125 cm³/mol. The van der Waals surface area contributed by atoms with Crippen LogP contribution in [0.15, 0.2) is 63.6 Å². The SMILES string of the molecule is COC(=O)c1nc([C@@H](NOC(=O)c2ccccc2)C(C)C)oc1-c1c[nH]c2c(Br)cccc12. The molecule has 0 saturated carbocycles. The number of esters is 1. The first-order valence-corrected chi connectivity index (χ1v) is 11.1. The lowest BCUT2D eigenvalue weighted by molar-refractivity contribution is 0.00635. The Morgan fingerprint density at radius 3 is 2.55 bits per heavy atom. The number of fused-ring (bicyclic) bond motifs is 1. The van der Waals surface area contributed by atoms with E-state index in [1.807, 2.05) is 38.1 Å². The number of oxazole rings is 1. The Morgan fingerprint density at radius 2 is 1.85 bits per heavy atom. The number of carbonyl (C=O) groups excluding carboxylic acids is 2. The fraction of sp³-hybridized carbons (Fsp3) is 0.208. The molecule has 2 aromatic carbocycles. The summed E-state index contributed by atoms with van der Waals surface area (Å²) in [6, 6.07) is 13.7. The van der Waals surface area contributed by atoms with Gasteiger partial charge < -0.3 is 19.0 Å².